The minimum Gasteiger partial charge on any atom is -0.345 e. The first-order valence-corrected chi connectivity index (χ1v) is 9.83. The van der Waals surface area contributed by atoms with Gasteiger partial charge in [0.15, 0.2) is 0 Å². The Morgan fingerprint density at radius 1 is 1.04 bits per heavy atom. The molecule has 1 saturated heterocycles. The van der Waals surface area contributed by atoms with Gasteiger partial charge < -0.3 is 15.5 Å². The van der Waals surface area contributed by atoms with Crippen LogP contribution in [0.5, 0.6) is 0 Å². The van der Waals surface area contributed by atoms with Gasteiger partial charge in [-0.2, -0.15) is 0 Å². The molecule has 1 aliphatic heterocycles. The fraction of sp³-hybridized carbons (Fsp3) is 0.895. The largest absolute Gasteiger partial charge is 0.345 e. The van der Waals surface area contributed by atoms with Gasteiger partial charge in [0.1, 0.15) is 6.04 Å². The van der Waals surface area contributed by atoms with Crippen molar-refractivity contribution in [3.05, 3.63) is 0 Å². The number of nitrogens with zero attached hydrogens (tertiary/aromatic N) is 1. The highest BCUT2D eigenvalue weighted by atomic mass is 16.2. The van der Waals surface area contributed by atoms with Crippen LogP contribution in [-0.2, 0) is 9.59 Å². The molecular weight excluding hydrogens is 302 g/mol. The molecule has 24 heavy (non-hydrogen) atoms. The normalized spacial score (nSPS) is 21.5. The lowest BCUT2D eigenvalue weighted by molar-refractivity contribution is -0.137. The molecule has 0 aromatic carbocycles. The maximum absolute atomic E-state index is 12.5. The second kappa shape index (κ2) is 10.0. The van der Waals surface area contributed by atoms with Crippen molar-refractivity contribution in [3.8, 4) is 0 Å². The van der Waals surface area contributed by atoms with Crippen LogP contribution < -0.4 is 10.6 Å². The third-order valence-corrected chi connectivity index (χ3v) is 5.68. The highest BCUT2D eigenvalue weighted by Crippen LogP contribution is 2.26. The van der Waals surface area contributed by atoms with E-state index in [4.69, 9.17) is 0 Å². The minimum absolute atomic E-state index is 0.0478. The number of piperidine rings is 1. The van der Waals surface area contributed by atoms with E-state index in [9.17, 15) is 9.59 Å². The molecule has 1 aliphatic carbocycles. The summed E-state index contributed by atoms with van der Waals surface area (Å²) < 4.78 is 0. The van der Waals surface area contributed by atoms with Crippen molar-refractivity contribution in [3.63, 3.8) is 0 Å². The maximum Gasteiger partial charge on any atom is 0.244 e. The fourth-order valence-corrected chi connectivity index (χ4v) is 4.08. The molecule has 0 aromatic rings. The molecule has 1 saturated carbocycles. The highest BCUT2D eigenvalue weighted by molar-refractivity contribution is 5.87. The molecule has 0 bridgehead atoms. The van der Waals surface area contributed by atoms with Gasteiger partial charge in [-0.1, -0.05) is 19.3 Å². The summed E-state index contributed by atoms with van der Waals surface area (Å²) in [6.07, 6.45) is 10.1. The Balaban J connectivity index is 1.69. The van der Waals surface area contributed by atoms with Crippen LogP contribution in [0.1, 0.15) is 64.7 Å². The molecule has 5 nitrogen and oxygen atoms in total. The van der Waals surface area contributed by atoms with Gasteiger partial charge in [-0.3, -0.25) is 9.59 Å². The molecule has 0 aromatic heterocycles. The summed E-state index contributed by atoms with van der Waals surface area (Å²) in [5.74, 6) is 1.37. The molecule has 138 valence electrons. The standard InChI is InChI=1S/C19H35N3O2/c1-15(21-18(23)14-17-6-4-3-5-7-17)19(24)22-12-9-16(10-13-22)8-11-20-2/h15-17,20H,3-14H2,1-2H3,(H,21,23). The van der Waals surface area contributed by atoms with Gasteiger partial charge in [0.05, 0.1) is 0 Å². The summed E-state index contributed by atoms with van der Waals surface area (Å²) in [6.45, 7) is 4.53. The first-order valence-electron chi connectivity index (χ1n) is 9.83. The lowest BCUT2D eigenvalue weighted by Gasteiger charge is -2.34. The highest BCUT2D eigenvalue weighted by Gasteiger charge is 2.27. The van der Waals surface area contributed by atoms with Crippen molar-refractivity contribution < 1.29 is 9.59 Å². The predicted molar refractivity (Wildman–Crippen MR) is 96.6 cm³/mol. The van der Waals surface area contributed by atoms with Crippen LogP contribution in [0.25, 0.3) is 0 Å². The molecule has 1 unspecified atom stereocenters. The van der Waals surface area contributed by atoms with Gasteiger partial charge in [-0.15, -0.1) is 0 Å². The Hall–Kier alpha value is -1.10. The summed E-state index contributed by atoms with van der Waals surface area (Å²) in [6, 6.07) is -0.394. The molecule has 2 N–H and O–H groups in total. The van der Waals surface area contributed by atoms with E-state index < -0.39 is 6.04 Å². The van der Waals surface area contributed by atoms with E-state index in [2.05, 4.69) is 10.6 Å². The van der Waals surface area contributed by atoms with Crippen LogP contribution in [0.3, 0.4) is 0 Å². The van der Waals surface area contributed by atoms with Crippen LogP contribution in [0.15, 0.2) is 0 Å². The Morgan fingerprint density at radius 3 is 2.33 bits per heavy atom. The van der Waals surface area contributed by atoms with E-state index >= 15 is 0 Å². The van der Waals surface area contributed by atoms with E-state index in [1.54, 1.807) is 0 Å². The maximum atomic E-state index is 12.5. The molecule has 2 aliphatic rings. The lowest BCUT2D eigenvalue weighted by Crippen LogP contribution is -2.49. The van der Waals surface area contributed by atoms with Crippen molar-refractivity contribution >= 4 is 11.8 Å². The molecule has 1 heterocycles. The van der Waals surface area contributed by atoms with Gasteiger partial charge >= 0.3 is 0 Å². The van der Waals surface area contributed by atoms with Gasteiger partial charge in [0.25, 0.3) is 0 Å². The first kappa shape index (κ1) is 19.2. The van der Waals surface area contributed by atoms with Crippen molar-refractivity contribution in [1.82, 2.24) is 15.5 Å². The Morgan fingerprint density at radius 2 is 1.71 bits per heavy atom. The minimum atomic E-state index is -0.394. The third-order valence-electron chi connectivity index (χ3n) is 5.68. The number of carbonyl (C=O) groups is 2. The number of hydrogen-bond donors (Lipinski definition) is 2. The lowest BCUT2D eigenvalue weighted by atomic mass is 9.87. The summed E-state index contributed by atoms with van der Waals surface area (Å²) in [5.41, 5.74) is 0. The van der Waals surface area contributed by atoms with Gasteiger partial charge in [-0.25, -0.2) is 0 Å². The predicted octanol–water partition coefficient (Wildman–Crippen LogP) is 2.31. The second-order valence-corrected chi connectivity index (χ2v) is 7.66. The molecule has 2 amide bonds. The third kappa shape index (κ3) is 6.08. The molecule has 2 rings (SSSR count). The van der Waals surface area contributed by atoms with Crippen LogP contribution >= 0.6 is 0 Å². The van der Waals surface area contributed by atoms with Crippen molar-refractivity contribution in [2.75, 3.05) is 26.7 Å². The Bertz CT molecular complexity index is 399. The molecule has 5 heteroatoms. The second-order valence-electron chi connectivity index (χ2n) is 7.66. The first-order chi connectivity index (χ1) is 11.6. The smallest absolute Gasteiger partial charge is 0.244 e. The molecule has 0 radical (unpaired) electrons. The van der Waals surface area contributed by atoms with Crippen LogP contribution in [0.2, 0.25) is 0 Å². The average molecular weight is 338 g/mol. The van der Waals surface area contributed by atoms with Crippen LogP contribution in [0.4, 0.5) is 0 Å². The van der Waals surface area contributed by atoms with Gasteiger partial charge in [0.2, 0.25) is 11.8 Å². The Kier molecular flexibility index (Phi) is 8.03. The van der Waals surface area contributed by atoms with Gasteiger partial charge in [-0.05, 0) is 64.5 Å². The monoisotopic (exact) mass is 337 g/mol. The number of nitrogens with one attached hydrogen (secondary N) is 2. The number of amides is 2. The average Bonchev–Trinajstić information content (AvgIpc) is 2.60. The van der Waals surface area contributed by atoms with Crippen LogP contribution in [0, 0.1) is 11.8 Å². The number of rotatable bonds is 7. The Labute approximate surface area is 146 Å². The van der Waals surface area contributed by atoms with E-state index in [1.807, 2.05) is 18.9 Å². The van der Waals surface area contributed by atoms with E-state index in [1.165, 1.54) is 25.7 Å². The zero-order valence-electron chi connectivity index (χ0n) is 15.5. The summed E-state index contributed by atoms with van der Waals surface area (Å²) in [7, 11) is 1.98. The SMILES string of the molecule is CNCCC1CCN(C(=O)C(C)NC(=O)CC2CCCCC2)CC1. The molecule has 1 atom stereocenters. The summed E-state index contributed by atoms with van der Waals surface area (Å²) in [4.78, 5) is 26.7. The zero-order valence-corrected chi connectivity index (χ0v) is 15.5. The molecular formula is C19H35N3O2. The van der Waals surface area contributed by atoms with E-state index in [-0.39, 0.29) is 11.8 Å². The number of hydrogen-bond acceptors (Lipinski definition) is 3. The van der Waals surface area contributed by atoms with E-state index in [0.29, 0.717) is 12.3 Å². The van der Waals surface area contributed by atoms with Crippen LogP contribution in [-0.4, -0.2) is 49.4 Å². The number of likely N-dealkylation sites (tertiary alicyclic amines) is 1. The quantitative estimate of drug-likeness (QED) is 0.749. The van der Waals surface area contributed by atoms with Gasteiger partial charge in [0, 0.05) is 19.5 Å². The van der Waals surface area contributed by atoms with Crippen molar-refractivity contribution in [2.24, 2.45) is 11.8 Å². The van der Waals surface area contributed by atoms with Crippen molar-refractivity contribution in [2.45, 2.75) is 70.8 Å². The topological polar surface area (TPSA) is 61.4 Å². The fourth-order valence-electron chi connectivity index (χ4n) is 4.08. The molecule has 0 spiro atoms. The summed E-state index contributed by atoms with van der Waals surface area (Å²) in [5, 5.41) is 6.12. The summed E-state index contributed by atoms with van der Waals surface area (Å²) >= 11 is 0. The van der Waals surface area contributed by atoms with E-state index in [0.717, 1.165) is 51.2 Å². The van der Waals surface area contributed by atoms with Crippen molar-refractivity contribution in [1.29, 1.82) is 0 Å². The number of carbonyl (C=O) groups excluding carboxylic acids is 2. The zero-order chi connectivity index (χ0) is 17.4. The molecule has 2 fully saturated rings.